The summed E-state index contributed by atoms with van der Waals surface area (Å²) in [7, 11) is -2.16. The minimum absolute atomic E-state index is 0.00932. The number of nitrogens with one attached hydrogen (secondary N) is 1. The molecule has 0 heterocycles. The smallest absolute Gasteiger partial charge is 0.269 e. The van der Waals surface area contributed by atoms with Gasteiger partial charge in [0.25, 0.3) is 5.69 Å². The van der Waals surface area contributed by atoms with E-state index in [1.165, 1.54) is 24.3 Å². The average Bonchev–Trinajstić information content (AvgIpc) is 2.96. The monoisotopic (exact) mass is 348 g/mol. The van der Waals surface area contributed by atoms with Crippen LogP contribution < -0.4 is 9.46 Å². The van der Waals surface area contributed by atoms with Gasteiger partial charge in [0.2, 0.25) is 10.0 Å². The molecule has 0 spiro atoms. The number of rotatable bonds is 5. The third-order valence-corrected chi connectivity index (χ3v) is 5.57. The fourth-order valence-corrected chi connectivity index (χ4v) is 4.10. The number of aryl methyl sites for hydroxylation is 1. The van der Waals surface area contributed by atoms with Gasteiger partial charge in [-0.15, -0.1) is 0 Å². The number of fused-ring (bicyclic) bond motifs is 1. The van der Waals surface area contributed by atoms with E-state index in [4.69, 9.17) is 4.74 Å². The number of nitro groups is 1. The molecule has 3 rings (SSSR count). The fourth-order valence-electron chi connectivity index (χ4n) is 2.85. The Morgan fingerprint density at radius 3 is 2.54 bits per heavy atom. The molecule has 1 aliphatic rings. The molecule has 7 nitrogen and oxygen atoms in total. The molecule has 0 amide bonds. The van der Waals surface area contributed by atoms with E-state index in [0.29, 0.717) is 6.42 Å². The van der Waals surface area contributed by atoms with E-state index in [0.717, 1.165) is 23.3 Å². The topological polar surface area (TPSA) is 98.5 Å². The molecule has 1 aliphatic carbocycles. The van der Waals surface area contributed by atoms with E-state index in [1.54, 1.807) is 13.2 Å². The van der Waals surface area contributed by atoms with Crippen molar-refractivity contribution in [3.8, 4) is 5.75 Å². The van der Waals surface area contributed by atoms with Crippen LogP contribution in [0.3, 0.4) is 0 Å². The Balaban J connectivity index is 1.82. The molecular weight excluding hydrogens is 332 g/mol. The molecule has 0 fully saturated rings. The van der Waals surface area contributed by atoms with Crippen LogP contribution in [0.4, 0.5) is 5.69 Å². The molecule has 2 aromatic rings. The van der Waals surface area contributed by atoms with Crippen molar-refractivity contribution >= 4 is 15.7 Å². The largest absolute Gasteiger partial charge is 0.497 e. The number of sulfonamides is 1. The maximum atomic E-state index is 12.5. The molecule has 0 aromatic heterocycles. The lowest BCUT2D eigenvalue weighted by atomic mass is 10.1. The molecule has 1 N–H and O–H groups in total. The van der Waals surface area contributed by atoms with Crippen molar-refractivity contribution in [3.63, 3.8) is 0 Å². The molecule has 24 heavy (non-hydrogen) atoms. The van der Waals surface area contributed by atoms with Crippen molar-refractivity contribution < 1.29 is 18.1 Å². The van der Waals surface area contributed by atoms with Crippen LogP contribution >= 0.6 is 0 Å². The Labute approximate surface area is 139 Å². The van der Waals surface area contributed by atoms with E-state index in [9.17, 15) is 18.5 Å². The Kier molecular flexibility index (Phi) is 4.25. The van der Waals surface area contributed by atoms with Crippen LogP contribution in [0.5, 0.6) is 5.75 Å². The summed E-state index contributed by atoms with van der Waals surface area (Å²) in [5, 5.41) is 10.7. The lowest BCUT2D eigenvalue weighted by Gasteiger charge is -2.15. The van der Waals surface area contributed by atoms with Gasteiger partial charge in [-0.05, 0) is 48.2 Å². The molecule has 0 aliphatic heterocycles. The van der Waals surface area contributed by atoms with Crippen molar-refractivity contribution in [1.29, 1.82) is 0 Å². The zero-order chi connectivity index (χ0) is 17.3. The Morgan fingerprint density at radius 1 is 1.21 bits per heavy atom. The normalized spacial score (nSPS) is 16.6. The summed E-state index contributed by atoms with van der Waals surface area (Å²) in [6.45, 7) is 0. The van der Waals surface area contributed by atoms with Crippen molar-refractivity contribution in [3.05, 3.63) is 63.7 Å². The standard InChI is InChI=1S/C16H16N2O5S/c1-23-13-5-8-15-11(10-13)2-9-16(15)17-24(21,22)14-6-3-12(4-7-14)18(19)20/h3-8,10,16-17H,2,9H2,1H3. The van der Waals surface area contributed by atoms with Gasteiger partial charge in [-0.25, -0.2) is 13.1 Å². The quantitative estimate of drug-likeness (QED) is 0.661. The lowest BCUT2D eigenvalue weighted by molar-refractivity contribution is -0.384. The average molecular weight is 348 g/mol. The highest BCUT2D eigenvalue weighted by Crippen LogP contribution is 2.34. The van der Waals surface area contributed by atoms with Crippen molar-refractivity contribution in [2.75, 3.05) is 7.11 Å². The van der Waals surface area contributed by atoms with E-state index in [-0.39, 0.29) is 16.6 Å². The van der Waals surface area contributed by atoms with E-state index in [1.807, 2.05) is 12.1 Å². The SMILES string of the molecule is COc1ccc2c(c1)CCC2NS(=O)(=O)c1ccc([N+](=O)[O-])cc1. The van der Waals surface area contributed by atoms with Gasteiger partial charge in [-0.2, -0.15) is 0 Å². The second-order valence-electron chi connectivity index (χ2n) is 5.53. The van der Waals surface area contributed by atoms with Crippen molar-refractivity contribution in [2.24, 2.45) is 0 Å². The highest BCUT2D eigenvalue weighted by atomic mass is 32.2. The number of benzene rings is 2. The zero-order valence-corrected chi connectivity index (χ0v) is 13.7. The number of nitro benzene ring substituents is 1. The number of methoxy groups -OCH3 is 1. The molecule has 0 saturated carbocycles. The molecular formula is C16H16N2O5S. The lowest BCUT2D eigenvalue weighted by Crippen LogP contribution is -2.27. The third kappa shape index (κ3) is 3.10. The van der Waals surface area contributed by atoms with Gasteiger partial charge in [-0.1, -0.05) is 6.07 Å². The minimum Gasteiger partial charge on any atom is -0.497 e. The number of non-ortho nitro benzene ring substituents is 1. The first-order valence-electron chi connectivity index (χ1n) is 7.34. The molecule has 2 aromatic carbocycles. The molecule has 1 atom stereocenters. The van der Waals surface area contributed by atoms with Crippen molar-refractivity contribution in [1.82, 2.24) is 4.72 Å². The maximum Gasteiger partial charge on any atom is 0.269 e. The van der Waals surface area contributed by atoms with Gasteiger partial charge in [0, 0.05) is 18.2 Å². The summed E-state index contributed by atoms with van der Waals surface area (Å²) in [6, 6.07) is 10.1. The van der Waals surface area contributed by atoms with Gasteiger partial charge in [0.1, 0.15) is 5.75 Å². The zero-order valence-electron chi connectivity index (χ0n) is 12.9. The van der Waals surface area contributed by atoms with Crippen LogP contribution in [-0.4, -0.2) is 20.5 Å². The summed E-state index contributed by atoms with van der Waals surface area (Å²) < 4.78 is 32.9. The first-order valence-corrected chi connectivity index (χ1v) is 8.82. The predicted molar refractivity (Wildman–Crippen MR) is 87.5 cm³/mol. The fraction of sp³-hybridized carbons (Fsp3) is 0.250. The van der Waals surface area contributed by atoms with Gasteiger partial charge in [0.15, 0.2) is 0 Å². The molecule has 8 heteroatoms. The summed E-state index contributed by atoms with van der Waals surface area (Å²) >= 11 is 0. The molecule has 0 saturated heterocycles. The second kappa shape index (κ2) is 6.21. The van der Waals surface area contributed by atoms with Crippen LogP contribution in [0, 0.1) is 10.1 Å². The molecule has 1 unspecified atom stereocenters. The van der Waals surface area contributed by atoms with Gasteiger partial charge in [-0.3, -0.25) is 10.1 Å². The highest BCUT2D eigenvalue weighted by molar-refractivity contribution is 7.89. The summed E-state index contributed by atoms with van der Waals surface area (Å²) in [6.07, 6.45) is 1.43. The maximum absolute atomic E-state index is 12.5. The van der Waals surface area contributed by atoms with E-state index >= 15 is 0 Å². The van der Waals surface area contributed by atoms with Crippen LogP contribution in [0.2, 0.25) is 0 Å². The number of hydrogen-bond donors (Lipinski definition) is 1. The molecule has 0 bridgehead atoms. The first-order chi connectivity index (χ1) is 11.4. The van der Waals surface area contributed by atoms with Gasteiger partial charge >= 0.3 is 0 Å². The van der Waals surface area contributed by atoms with Crippen LogP contribution in [0.25, 0.3) is 0 Å². The first kappa shape index (κ1) is 16.4. The summed E-state index contributed by atoms with van der Waals surface area (Å²) in [5.41, 5.74) is 1.85. The Bertz CT molecular complexity index is 878. The second-order valence-corrected chi connectivity index (χ2v) is 7.24. The van der Waals surface area contributed by atoms with Crippen molar-refractivity contribution in [2.45, 2.75) is 23.8 Å². The van der Waals surface area contributed by atoms with Gasteiger partial charge in [0.05, 0.1) is 16.9 Å². The third-order valence-electron chi connectivity index (χ3n) is 4.08. The number of nitrogens with zero attached hydrogens (tertiary/aromatic N) is 1. The van der Waals surface area contributed by atoms with E-state index in [2.05, 4.69) is 4.72 Å². The van der Waals surface area contributed by atoms with Crippen LogP contribution in [0.1, 0.15) is 23.6 Å². The van der Waals surface area contributed by atoms with Crippen LogP contribution in [-0.2, 0) is 16.4 Å². The summed E-state index contributed by atoms with van der Waals surface area (Å²) in [4.78, 5) is 10.1. The number of hydrogen-bond acceptors (Lipinski definition) is 5. The Morgan fingerprint density at radius 2 is 1.92 bits per heavy atom. The van der Waals surface area contributed by atoms with E-state index < -0.39 is 14.9 Å². The van der Waals surface area contributed by atoms with Gasteiger partial charge < -0.3 is 4.74 Å². The molecule has 0 radical (unpaired) electrons. The van der Waals surface area contributed by atoms with Crippen LogP contribution in [0.15, 0.2) is 47.4 Å². The molecule has 126 valence electrons. The summed E-state index contributed by atoms with van der Waals surface area (Å²) in [5.74, 6) is 0.743. The highest BCUT2D eigenvalue weighted by Gasteiger charge is 2.28. The Hall–Kier alpha value is -2.45. The number of ether oxygens (including phenoxy) is 1. The minimum atomic E-state index is -3.75. The predicted octanol–water partition coefficient (Wildman–Crippen LogP) is 2.57.